The molecule has 0 aliphatic rings. The van der Waals surface area contributed by atoms with Gasteiger partial charge in [0.05, 0.1) is 6.61 Å². The molecule has 0 aromatic rings. The molecule has 0 aliphatic heterocycles. The number of hydrogen-bond acceptors (Lipinski definition) is 2. The van der Waals surface area contributed by atoms with Gasteiger partial charge in [0, 0.05) is 11.8 Å². The number of carbonyl (C=O) groups excluding carboxylic acids is 1. The molecule has 0 heterocycles. The molecule has 0 fully saturated rings. The predicted molar refractivity (Wildman–Crippen MR) is 104 cm³/mol. The van der Waals surface area contributed by atoms with E-state index in [2.05, 4.69) is 36.7 Å². The molecular formula is C20H39BrO2. The van der Waals surface area contributed by atoms with Crippen LogP contribution in [0.25, 0.3) is 0 Å². The number of unbranched alkanes of at least 4 members (excludes halogenated alkanes) is 8. The molecule has 0 bridgehead atoms. The Balaban J connectivity index is 3.66. The number of carbonyl (C=O) groups is 1. The highest BCUT2D eigenvalue weighted by Crippen LogP contribution is 2.23. The van der Waals surface area contributed by atoms with E-state index < -0.39 is 0 Å². The summed E-state index contributed by atoms with van der Waals surface area (Å²) in [6.45, 7) is 7.30. The fourth-order valence-electron chi connectivity index (χ4n) is 2.87. The van der Waals surface area contributed by atoms with Crippen LogP contribution in [0, 0.1) is 11.8 Å². The maximum atomic E-state index is 12.0. The first-order chi connectivity index (χ1) is 11.1. The summed E-state index contributed by atoms with van der Waals surface area (Å²) in [5.41, 5.74) is 0. The van der Waals surface area contributed by atoms with Gasteiger partial charge in [-0.15, -0.1) is 0 Å². The third-order valence-corrected chi connectivity index (χ3v) is 5.15. The Morgan fingerprint density at radius 2 is 1.52 bits per heavy atom. The minimum Gasteiger partial charge on any atom is -0.466 e. The lowest BCUT2D eigenvalue weighted by Crippen LogP contribution is -2.17. The van der Waals surface area contributed by atoms with Gasteiger partial charge in [-0.2, -0.15) is 0 Å². The molecule has 0 amide bonds. The first-order valence-corrected chi connectivity index (χ1v) is 11.0. The average molecular weight is 391 g/mol. The first kappa shape index (κ1) is 22.9. The minimum atomic E-state index is 0.00942. The van der Waals surface area contributed by atoms with E-state index in [9.17, 15) is 4.79 Å². The molecule has 0 radical (unpaired) electrons. The molecule has 2 nitrogen and oxygen atoms in total. The van der Waals surface area contributed by atoms with Crippen LogP contribution in [0.3, 0.4) is 0 Å². The van der Waals surface area contributed by atoms with Gasteiger partial charge in [-0.1, -0.05) is 88.1 Å². The number of alkyl halides is 1. The highest BCUT2D eigenvalue weighted by molar-refractivity contribution is 9.09. The van der Waals surface area contributed by atoms with Crippen LogP contribution in [0.4, 0.5) is 0 Å². The quantitative estimate of drug-likeness (QED) is 0.163. The second-order valence-electron chi connectivity index (χ2n) is 7.09. The minimum absolute atomic E-state index is 0.00942. The fraction of sp³-hybridized carbons (Fsp3) is 0.950. The van der Waals surface area contributed by atoms with Crippen molar-refractivity contribution in [1.82, 2.24) is 0 Å². The molecule has 0 N–H and O–H groups in total. The van der Waals surface area contributed by atoms with Crippen LogP contribution >= 0.6 is 15.9 Å². The summed E-state index contributed by atoms with van der Waals surface area (Å²) < 4.78 is 5.43. The maximum Gasteiger partial charge on any atom is 0.306 e. The third kappa shape index (κ3) is 15.2. The summed E-state index contributed by atoms with van der Waals surface area (Å²) in [6, 6.07) is 0. The second-order valence-corrected chi connectivity index (χ2v) is 7.88. The lowest BCUT2D eigenvalue weighted by atomic mass is 9.87. The van der Waals surface area contributed by atoms with E-state index in [0.29, 0.717) is 24.9 Å². The van der Waals surface area contributed by atoms with E-state index >= 15 is 0 Å². The Kier molecular flexibility index (Phi) is 16.8. The smallest absolute Gasteiger partial charge is 0.306 e. The molecule has 0 saturated heterocycles. The molecule has 1 atom stereocenters. The average Bonchev–Trinajstić information content (AvgIpc) is 2.52. The van der Waals surface area contributed by atoms with Crippen LogP contribution in [-0.2, 0) is 9.53 Å². The SMILES string of the molecule is CCCCCCCCCOC(=O)CC(CCCCCBr)C(C)C. The fourth-order valence-corrected chi connectivity index (χ4v) is 3.26. The molecular weight excluding hydrogens is 352 g/mol. The molecule has 3 heteroatoms. The van der Waals surface area contributed by atoms with E-state index in [4.69, 9.17) is 4.74 Å². The predicted octanol–water partition coefficient (Wildman–Crippen LogP) is 6.90. The maximum absolute atomic E-state index is 12.0. The Morgan fingerprint density at radius 3 is 2.13 bits per heavy atom. The zero-order valence-electron chi connectivity index (χ0n) is 15.7. The zero-order valence-corrected chi connectivity index (χ0v) is 17.3. The molecule has 0 aliphatic carbocycles. The number of hydrogen-bond donors (Lipinski definition) is 0. The topological polar surface area (TPSA) is 26.3 Å². The summed E-state index contributed by atoms with van der Waals surface area (Å²) in [5.74, 6) is 1.05. The lowest BCUT2D eigenvalue weighted by Gasteiger charge is -2.20. The first-order valence-electron chi connectivity index (χ1n) is 9.83. The van der Waals surface area contributed by atoms with Crippen molar-refractivity contribution in [3.63, 3.8) is 0 Å². The largest absolute Gasteiger partial charge is 0.466 e. The van der Waals surface area contributed by atoms with E-state index in [1.165, 1.54) is 57.8 Å². The summed E-state index contributed by atoms with van der Waals surface area (Å²) in [4.78, 5) is 12.0. The van der Waals surface area contributed by atoms with Crippen LogP contribution in [0.5, 0.6) is 0 Å². The zero-order chi connectivity index (χ0) is 17.3. The van der Waals surface area contributed by atoms with Gasteiger partial charge in [-0.25, -0.2) is 0 Å². The van der Waals surface area contributed by atoms with Gasteiger partial charge in [0.15, 0.2) is 0 Å². The Labute approximate surface area is 153 Å². The van der Waals surface area contributed by atoms with Crippen molar-refractivity contribution in [2.45, 2.75) is 97.8 Å². The van der Waals surface area contributed by atoms with Gasteiger partial charge in [-0.05, 0) is 31.1 Å². The normalized spacial score (nSPS) is 12.6. The Morgan fingerprint density at radius 1 is 0.913 bits per heavy atom. The van der Waals surface area contributed by atoms with E-state index in [1.54, 1.807) is 0 Å². The van der Waals surface area contributed by atoms with Gasteiger partial charge in [-0.3, -0.25) is 4.79 Å². The van der Waals surface area contributed by atoms with Crippen molar-refractivity contribution >= 4 is 21.9 Å². The molecule has 0 saturated carbocycles. The monoisotopic (exact) mass is 390 g/mol. The van der Waals surface area contributed by atoms with Crippen LogP contribution in [0.2, 0.25) is 0 Å². The highest BCUT2D eigenvalue weighted by Gasteiger charge is 2.18. The van der Waals surface area contributed by atoms with Gasteiger partial charge in [0.1, 0.15) is 0 Å². The molecule has 1 unspecified atom stereocenters. The van der Waals surface area contributed by atoms with Crippen LogP contribution in [0.1, 0.15) is 97.8 Å². The summed E-state index contributed by atoms with van der Waals surface area (Å²) >= 11 is 3.47. The molecule has 138 valence electrons. The van der Waals surface area contributed by atoms with Crippen LogP contribution in [-0.4, -0.2) is 17.9 Å². The number of rotatable bonds is 16. The number of ether oxygens (including phenoxy) is 1. The van der Waals surface area contributed by atoms with E-state index in [0.717, 1.165) is 18.2 Å². The van der Waals surface area contributed by atoms with Crippen molar-refractivity contribution < 1.29 is 9.53 Å². The van der Waals surface area contributed by atoms with Crippen molar-refractivity contribution in [3.05, 3.63) is 0 Å². The Bertz CT molecular complexity index is 266. The highest BCUT2D eigenvalue weighted by atomic mass is 79.9. The second kappa shape index (κ2) is 16.8. The van der Waals surface area contributed by atoms with Crippen LogP contribution < -0.4 is 0 Å². The van der Waals surface area contributed by atoms with Gasteiger partial charge >= 0.3 is 5.97 Å². The summed E-state index contributed by atoms with van der Waals surface area (Å²) in [7, 11) is 0. The van der Waals surface area contributed by atoms with Crippen molar-refractivity contribution in [2.75, 3.05) is 11.9 Å². The molecule has 0 aromatic heterocycles. The van der Waals surface area contributed by atoms with Crippen molar-refractivity contribution in [3.8, 4) is 0 Å². The summed E-state index contributed by atoms with van der Waals surface area (Å²) in [5, 5.41) is 1.08. The standard InChI is InChI=1S/C20H39BrO2/c1-4-5-6-7-8-9-13-16-23-20(22)17-19(18(2)3)14-11-10-12-15-21/h18-19H,4-17H2,1-3H3. The molecule has 0 rings (SSSR count). The van der Waals surface area contributed by atoms with Crippen molar-refractivity contribution in [1.29, 1.82) is 0 Å². The Hall–Kier alpha value is -0.0500. The van der Waals surface area contributed by atoms with Gasteiger partial charge < -0.3 is 4.74 Å². The third-order valence-electron chi connectivity index (χ3n) is 4.59. The summed E-state index contributed by atoms with van der Waals surface area (Å²) in [6.07, 6.45) is 14.3. The van der Waals surface area contributed by atoms with Crippen molar-refractivity contribution in [2.24, 2.45) is 11.8 Å². The molecule has 0 aromatic carbocycles. The van der Waals surface area contributed by atoms with E-state index in [1.807, 2.05) is 0 Å². The van der Waals surface area contributed by atoms with Gasteiger partial charge in [0.2, 0.25) is 0 Å². The number of halogens is 1. The van der Waals surface area contributed by atoms with Crippen LogP contribution in [0.15, 0.2) is 0 Å². The number of esters is 1. The van der Waals surface area contributed by atoms with E-state index in [-0.39, 0.29) is 5.97 Å². The molecule has 0 spiro atoms. The lowest BCUT2D eigenvalue weighted by molar-refractivity contribution is -0.145. The molecule has 23 heavy (non-hydrogen) atoms. The van der Waals surface area contributed by atoms with Gasteiger partial charge in [0.25, 0.3) is 0 Å².